The molecule has 0 spiro atoms. The number of alkyl halides is 3. The number of nitrogens with zero attached hydrogens (tertiary/aromatic N) is 1. The Hall–Kier alpha value is -0.620. The van der Waals surface area contributed by atoms with Crippen LogP contribution in [-0.4, -0.2) is 50.2 Å². The van der Waals surface area contributed by atoms with Crippen LogP contribution in [0.1, 0.15) is 19.8 Å². The van der Waals surface area contributed by atoms with Crippen molar-refractivity contribution in [1.82, 2.24) is 4.90 Å². The van der Waals surface area contributed by atoms with E-state index < -0.39 is 18.1 Å². The number of ether oxygens (including phenoxy) is 1. The number of halogens is 3. The molecular weight excluding hydrogens is 235 g/mol. The van der Waals surface area contributed by atoms with E-state index in [0.29, 0.717) is 26.1 Å². The summed E-state index contributed by atoms with van der Waals surface area (Å²) in [5.74, 6) is 0. The summed E-state index contributed by atoms with van der Waals surface area (Å²) in [6.07, 6.45) is -2.41. The minimum Gasteiger partial charge on any atom is -0.381 e. The SMILES string of the molecule is CCN(CC(F)(F)F)CC1(C=O)CCOCC1. The highest BCUT2D eigenvalue weighted by atomic mass is 19.4. The highest BCUT2D eigenvalue weighted by Crippen LogP contribution is 2.30. The van der Waals surface area contributed by atoms with Crippen molar-refractivity contribution in [2.24, 2.45) is 5.41 Å². The molecule has 0 atom stereocenters. The summed E-state index contributed by atoms with van der Waals surface area (Å²) in [7, 11) is 0. The van der Waals surface area contributed by atoms with Gasteiger partial charge >= 0.3 is 6.18 Å². The largest absolute Gasteiger partial charge is 0.401 e. The van der Waals surface area contributed by atoms with Crippen LogP contribution in [-0.2, 0) is 9.53 Å². The van der Waals surface area contributed by atoms with Gasteiger partial charge in [0, 0.05) is 25.2 Å². The van der Waals surface area contributed by atoms with E-state index in [0.717, 1.165) is 6.29 Å². The third kappa shape index (κ3) is 4.63. The first-order valence-corrected chi connectivity index (χ1v) is 5.74. The minimum absolute atomic E-state index is 0.163. The number of carbonyl (C=O) groups excluding carboxylic acids is 1. The molecule has 0 N–H and O–H groups in total. The smallest absolute Gasteiger partial charge is 0.381 e. The van der Waals surface area contributed by atoms with E-state index in [1.807, 2.05) is 0 Å². The van der Waals surface area contributed by atoms with Crippen molar-refractivity contribution >= 4 is 6.29 Å². The number of aldehydes is 1. The molecule has 1 rings (SSSR count). The van der Waals surface area contributed by atoms with Crippen molar-refractivity contribution in [1.29, 1.82) is 0 Å². The molecule has 1 heterocycles. The monoisotopic (exact) mass is 253 g/mol. The van der Waals surface area contributed by atoms with Crippen LogP contribution in [0.15, 0.2) is 0 Å². The van der Waals surface area contributed by atoms with Gasteiger partial charge in [-0.3, -0.25) is 4.90 Å². The molecule has 0 aromatic rings. The molecule has 0 amide bonds. The first kappa shape index (κ1) is 14.4. The molecule has 17 heavy (non-hydrogen) atoms. The third-order valence-electron chi connectivity index (χ3n) is 3.13. The molecular formula is C11H18F3NO2. The maximum Gasteiger partial charge on any atom is 0.401 e. The normalized spacial score (nSPS) is 20.5. The number of hydrogen-bond donors (Lipinski definition) is 0. The van der Waals surface area contributed by atoms with Gasteiger partial charge in [-0.1, -0.05) is 6.92 Å². The Kier molecular flexibility index (Phi) is 4.94. The first-order chi connectivity index (χ1) is 7.91. The first-order valence-electron chi connectivity index (χ1n) is 5.74. The van der Waals surface area contributed by atoms with Gasteiger partial charge in [-0.25, -0.2) is 0 Å². The molecule has 6 heteroatoms. The molecule has 3 nitrogen and oxygen atoms in total. The Morgan fingerprint density at radius 3 is 2.35 bits per heavy atom. The van der Waals surface area contributed by atoms with Gasteiger partial charge in [-0.2, -0.15) is 13.2 Å². The summed E-state index contributed by atoms with van der Waals surface area (Å²) in [4.78, 5) is 12.4. The van der Waals surface area contributed by atoms with Crippen LogP contribution in [0.3, 0.4) is 0 Å². The van der Waals surface area contributed by atoms with Crippen molar-refractivity contribution in [2.75, 3.05) is 32.8 Å². The fourth-order valence-electron chi connectivity index (χ4n) is 2.07. The summed E-state index contributed by atoms with van der Waals surface area (Å²) >= 11 is 0. The van der Waals surface area contributed by atoms with Gasteiger partial charge in [-0.15, -0.1) is 0 Å². The predicted octanol–water partition coefficient (Wildman–Crippen LogP) is 1.87. The van der Waals surface area contributed by atoms with E-state index in [1.54, 1.807) is 6.92 Å². The van der Waals surface area contributed by atoms with Crippen LogP contribution in [0.5, 0.6) is 0 Å². The van der Waals surface area contributed by atoms with E-state index in [-0.39, 0.29) is 13.1 Å². The second-order valence-electron chi connectivity index (χ2n) is 4.51. The molecule has 1 aliphatic heterocycles. The van der Waals surface area contributed by atoms with Gasteiger partial charge in [0.05, 0.1) is 6.54 Å². The van der Waals surface area contributed by atoms with E-state index in [4.69, 9.17) is 4.74 Å². The fraction of sp³-hybridized carbons (Fsp3) is 0.909. The highest BCUT2D eigenvalue weighted by molar-refractivity contribution is 5.60. The van der Waals surface area contributed by atoms with E-state index in [9.17, 15) is 18.0 Å². The maximum atomic E-state index is 12.3. The lowest BCUT2D eigenvalue weighted by molar-refractivity contribution is -0.152. The van der Waals surface area contributed by atoms with Crippen LogP contribution < -0.4 is 0 Å². The van der Waals surface area contributed by atoms with Crippen LogP contribution in [0.2, 0.25) is 0 Å². The van der Waals surface area contributed by atoms with Crippen molar-refractivity contribution in [3.8, 4) is 0 Å². The topological polar surface area (TPSA) is 29.5 Å². The van der Waals surface area contributed by atoms with Gasteiger partial charge in [0.1, 0.15) is 6.29 Å². The van der Waals surface area contributed by atoms with E-state index in [2.05, 4.69) is 0 Å². The Bertz CT molecular complexity index is 250. The van der Waals surface area contributed by atoms with Gasteiger partial charge in [0.15, 0.2) is 0 Å². The molecule has 0 unspecified atom stereocenters. The zero-order valence-corrected chi connectivity index (χ0v) is 9.92. The molecule has 1 saturated heterocycles. The van der Waals surface area contributed by atoms with E-state index in [1.165, 1.54) is 4.90 Å². The maximum absolute atomic E-state index is 12.3. The number of carbonyl (C=O) groups is 1. The van der Waals surface area contributed by atoms with Gasteiger partial charge in [-0.05, 0) is 19.4 Å². The van der Waals surface area contributed by atoms with Crippen molar-refractivity contribution in [3.63, 3.8) is 0 Å². The highest BCUT2D eigenvalue weighted by Gasteiger charge is 2.37. The lowest BCUT2D eigenvalue weighted by Crippen LogP contribution is -2.45. The Morgan fingerprint density at radius 1 is 1.35 bits per heavy atom. The quantitative estimate of drug-likeness (QED) is 0.700. The Balaban J connectivity index is 2.61. The summed E-state index contributed by atoms with van der Waals surface area (Å²) < 4.78 is 42.1. The summed E-state index contributed by atoms with van der Waals surface area (Å²) in [6, 6.07) is 0. The molecule has 0 aromatic carbocycles. The average Bonchev–Trinajstić information content (AvgIpc) is 2.27. The molecule has 0 saturated carbocycles. The Morgan fingerprint density at radius 2 is 1.94 bits per heavy atom. The van der Waals surface area contributed by atoms with Crippen LogP contribution in [0.25, 0.3) is 0 Å². The zero-order chi connectivity index (χ0) is 12.9. The predicted molar refractivity (Wildman–Crippen MR) is 56.7 cm³/mol. The van der Waals surface area contributed by atoms with Crippen LogP contribution in [0.4, 0.5) is 13.2 Å². The molecule has 0 aliphatic carbocycles. The molecule has 1 aliphatic rings. The minimum atomic E-state index is -4.22. The van der Waals surface area contributed by atoms with Gasteiger partial charge in [0.25, 0.3) is 0 Å². The fourth-order valence-corrected chi connectivity index (χ4v) is 2.07. The lowest BCUT2D eigenvalue weighted by atomic mass is 9.81. The van der Waals surface area contributed by atoms with Crippen LogP contribution in [0, 0.1) is 5.41 Å². The zero-order valence-electron chi connectivity index (χ0n) is 9.92. The second-order valence-corrected chi connectivity index (χ2v) is 4.51. The second kappa shape index (κ2) is 5.82. The third-order valence-corrected chi connectivity index (χ3v) is 3.13. The molecule has 0 aromatic heterocycles. The van der Waals surface area contributed by atoms with Crippen molar-refractivity contribution < 1.29 is 22.7 Å². The average molecular weight is 253 g/mol. The molecule has 1 fully saturated rings. The summed E-state index contributed by atoms with van der Waals surface area (Å²) in [6.45, 7) is 2.06. The van der Waals surface area contributed by atoms with E-state index >= 15 is 0 Å². The number of rotatable bonds is 5. The van der Waals surface area contributed by atoms with Crippen molar-refractivity contribution in [2.45, 2.75) is 25.9 Å². The Labute approximate surface area is 98.9 Å². The van der Waals surface area contributed by atoms with Gasteiger partial charge < -0.3 is 9.53 Å². The molecule has 100 valence electrons. The van der Waals surface area contributed by atoms with Gasteiger partial charge in [0.2, 0.25) is 0 Å². The molecule has 0 radical (unpaired) electrons. The summed E-state index contributed by atoms with van der Waals surface area (Å²) in [5.41, 5.74) is -0.667. The molecule has 0 bridgehead atoms. The standard InChI is InChI=1S/C11H18F3NO2/c1-2-15(8-11(12,13)14)7-10(9-16)3-5-17-6-4-10/h9H,2-8H2,1H3. The van der Waals surface area contributed by atoms with Crippen molar-refractivity contribution in [3.05, 3.63) is 0 Å². The summed E-state index contributed by atoms with van der Waals surface area (Å²) in [5, 5.41) is 0. The van der Waals surface area contributed by atoms with Crippen LogP contribution >= 0.6 is 0 Å². The lowest BCUT2D eigenvalue weighted by Gasteiger charge is -2.36. The number of hydrogen-bond acceptors (Lipinski definition) is 3.